The van der Waals surface area contributed by atoms with Crippen LogP contribution in [0.15, 0.2) is 0 Å². The van der Waals surface area contributed by atoms with Gasteiger partial charge in [0.05, 0.1) is 12.1 Å². The summed E-state index contributed by atoms with van der Waals surface area (Å²) in [6, 6.07) is -0.206. The van der Waals surface area contributed by atoms with Gasteiger partial charge in [0.25, 0.3) is 0 Å². The molecule has 0 aromatic carbocycles. The Balaban J connectivity index is 2.12. The summed E-state index contributed by atoms with van der Waals surface area (Å²) < 4.78 is 7.05. The third-order valence-corrected chi connectivity index (χ3v) is 2.32. The fourth-order valence-corrected chi connectivity index (χ4v) is 1.57. The van der Waals surface area contributed by atoms with Gasteiger partial charge in [-0.2, -0.15) is 0 Å². The van der Waals surface area contributed by atoms with E-state index in [-0.39, 0.29) is 12.1 Å². The molecule has 2 N–H and O–H groups in total. The molecular formula is C7H13N5O. The molecule has 2 rings (SSSR count). The van der Waals surface area contributed by atoms with Crippen LogP contribution in [-0.2, 0) is 11.8 Å². The van der Waals surface area contributed by atoms with Crippen LogP contribution in [-0.4, -0.2) is 32.9 Å². The van der Waals surface area contributed by atoms with Crippen molar-refractivity contribution in [1.82, 2.24) is 20.2 Å². The largest absolute Gasteiger partial charge is 0.376 e. The van der Waals surface area contributed by atoms with Crippen molar-refractivity contribution in [2.45, 2.75) is 25.0 Å². The molecule has 72 valence electrons. The van der Waals surface area contributed by atoms with Gasteiger partial charge in [-0.25, -0.2) is 4.68 Å². The minimum absolute atomic E-state index is 0.0738. The molecule has 0 saturated carbocycles. The maximum Gasteiger partial charge on any atom is 0.170 e. The van der Waals surface area contributed by atoms with Crippen molar-refractivity contribution in [2.24, 2.45) is 12.8 Å². The molecule has 1 saturated heterocycles. The van der Waals surface area contributed by atoms with Crippen LogP contribution in [0.5, 0.6) is 0 Å². The van der Waals surface area contributed by atoms with Crippen LogP contribution in [0.3, 0.4) is 0 Å². The Hall–Kier alpha value is -1.01. The lowest BCUT2D eigenvalue weighted by atomic mass is 10.1. The highest BCUT2D eigenvalue weighted by Crippen LogP contribution is 2.22. The molecule has 2 atom stereocenters. The summed E-state index contributed by atoms with van der Waals surface area (Å²) in [4.78, 5) is 0. The van der Waals surface area contributed by atoms with Crippen LogP contribution in [0.2, 0.25) is 0 Å². The normalized spacial score (nSPS) is 24.9. The summed E-state index contributed by atoms with van der Waals surface area (Å²) in [5.74, 6) is 0.687. The lowest BCUT2D eigenvalue weighted by molar-refractivity contribution is 0.0866. The zero-order valence-corrected chi connectivity index (χ0v) is 7.55. The van der Waals surface area contributed by atoms with E-state index in [1.165, 1.54) is 0 Å². The maximum atomic E-state index is 5.96. The number of hydrogen-bond donors (Lipinski definition) is 1. The van der Waals surface area contributed by atoms with E-state index >= 15 is 0 Å². The van der Waals surface area contributed by atoms with Gasteiger partial charge in [0.15, 0.2) is 5.82 Å². The molecule has 1 aromatic rings. The molecule has 0 spiro atoms. The molecule has 6 nitrogen and oxygen atoms in total. The lowest BCUT2D eigenvalue weighted by Gasteiger charge is -2.16. The smallest absolute Gasteiger partial charge is 0.170 e. The molecule has 1 aromatic heterocycles. The second-order valence-electron chi connectivity index (χ2n) is 3.24. The van der Waals surface area contributed by atoms with Gasteiger partial charge in [-0.3, -0.25) is 0 Å². The van der Waals surface area contributed by atoms with Gasteiger partial charge in [-0.1, -0.05) is 0 Å². The van der Waals surface area contributed by atoms with E-state index in [9.17, 15) is 0 Å². The van der Waals surface area contributed by atoms with Crippen LogP contribution in [0.1, 0.15) is 24.7 Å². The Morgan fingerprint density at radius 2 is 2.54 bits per heavy atom. The van der Waals surface area contributed by atoms with Gasteiger partial charge in [0, 0.05) is 13.7 Å². The van der Waals surface area contributed by atoms with E-state index in [4.69, 9.17) is 10.5 Å². The SMILES string of the molecule is Cn1nnnc1C(N)C1CCCO1. The van der Waals surface area contributed by atoms with Crippen molar-refractivity contribution in [3.05, 3.63) is 5.82 Å². The van der Waals surface area contributed by atoms with E-state index in [0.29, 0.717) is 5.82 Å². The number of nitrogens with zero attached hydrogens (tertiary/aromatic N) is 4. The topological polar surface area (TPSA) is 78.9 Å². The van der Waals surface area contributed by atoms with E-state index < -0.39 is 0 Å². The van der Waals surface area contributed by atoms with Gasteiger partial charge in [0.1, 0.15) is 0 Å². The van der Waals surface area contributed by atoms with Gasteiger partial charge in [0.2, 0.25) is 0 Å². The highest BCUT2D eigenvalue weighted by atomic mass is 16.5. The molecule has 0 bridgehead atoms. The number of ether oxygens (including phenoxy) is 1. The van der Waals surface area contributed by atoms with Crippen LogP contribution in [0, 0.1) is 0 Å². The molecular weight excluding hydrogens is 170 g/mol. The van der Waals surface area contributed by atoms with Gasteiger partial charge >= 0.3 is 0 Å². The lowest BCUT2D eigenvalue weighted by Crippen LogP contribution is -2.28. The standard InChI is InChI=1S/C7H13N5O/c1-12-7(9-10-11-12)6(8)5-3-2-4-13-5/h5-6H,2-4,8H2,1H3. The molecule has 13 heavy (non-hydrogen) atoms. The first kappa shape index (κ1) is 8.58. The molecule has 0 radical (unpaired) electrons. The highest BCUT2D eigenvalue weighted by molar-refractivity contribution is 4.95. The third-order valence-electron chi connectivity index (χ3n) is 2.32. The summed E-state index contributed by atoms with van der Waals surface area (Å²) >= 11 is 0. The van der Waals surface area contributed by atoms with Crippen LogP contribution >= 0.6 is 0 Å². The molecule has 1 aliphatic heterocycles. The zero-order valence-electron chi connectivity index (χ0n) is 7.55. The van der Waals surface area contributed by atoms with Crippen molar-refractivity contribution in [2.75, 3.05) is 6.61 Å². The Bertz CT molecular complexity index is 280. The molecule has 1 fully saturated rings. The van der Waals surface area contributed by atoms with Crippen LogP contribution in [0.4, 0.5) is 0 Å². The quantitative estimate of drug-likeness (QED) is 0.661. The predicted octanol–water partition coefficient (Wildman–Crippen LogP) is -0.611. The van der Waals surface area contributed by atoms with E-state index in [0.717, 1.165) is 19.4 Å². The van der Waals surface area contributed by atoms with Crippen molar-refractivity contribution in [3.63, 3.8) is 0 Å². The molecule has 0 aliphatic carbocycles. The van der Waals surface area contributed by atoms with Crippen molar-refractivity contribution in [3.8, 4) is 0 Å². The van der Waals surface area contributed by atoms with Gasteiger partial charge < -0.3 is 10.5 Å². The van der Waals surface area contributed by atoms with Crippen LogP contribution in [0.25, 0.3) is 0 Å². The summed E-state index contributed by atoms with van der Waals surface area (Å²) in [5, 5.41) is 11.1. The Morgan fingerprint density at radius 3 is 3.08 bits per heavy atom. The monoisotopic (exact) mass is 183 g/mol. The fraction of sp³-hybridized carbons (Fsp3) is 0.857. The molecule has 2 heterocycles. The molecule has 6 heteroatoms. The third kappa shape index (κ3) is 1.54. The highest BCUT2D eigenvalue weighted by Gasteiger charge is 2.27. The van der Waals surface area contributed by atoms with Crippen molar-refractivity contribution >= 4 is 0 Å². The fourth-order valence-electron chi connectivity index (χ4n) is 1.57. The molecule has 2 unspecified atom stereocenters. The number of nitrogens with two attached hydrogens (primary N) is 1. The van der Waals surface area contributed by atoms with Crippen molar-refractivity contribution in [1.29, 1.82) is 0 Å². The second-order valence-corrected chi connectivity index (χ2v) is 3.24. The summed E-state index contributed by atoms with van der Waals surface area (Å²) in [7, 11) is 1.78. The Labute approximate surface area is 76.1 Å². The first-order valence-electron chi connectivity index (χ1n) is 4.38. The first-order valence-corrected chi connectivity index (χ1v) is 4.38. The average molecular weight is 183 g/mol. The Morgan fingerprint density at radius 1 is 1.69 bits per heavy atom. The number of aryl methyl sites for hydroxylation is 1. The Kier molecular flexibility index (Phi) is 2.24. The summed E-state index contributed by atoms with van der Waals surface area (Å²) in [5.41, 5.74) is 5.96. The minimum Gasteiger partial charge on any atom is -0.376 e. The van der Waals surface area contributed by atoms with E-state index in [1.54, 1.807) is 11.7 Å². The minimum atomic E-state index is -0.206. The number of aromatic nitrogens is 4. The zero-order chi connectivity index (χ0) is 9.26. The number of hydrogen-bond acceptors (Lipinski definition) is 5. The van der Waals surface area contributed by atoms with E-state index in [1.807, 2.05) is 0 Å². The average Bonchev–Trinajstić information content (AvgIpc) is 2.72. The van der Waals surface area contributed by atoms with Crippen molar-refractivity contribution < 1.29 is 4.74 Å². The summed E-state index contributed by atoms with van der Waals surface area (Å²) in [6.45, 7) is 0.795. The predicted molar refractivity (Wildman–Crippen MR) is 44.7 cm³/mol. The number of tetrazole rings is 1. The molecule has 1 aliphatic rings. The van der Waals surface area contributed by atoms with Gasteiger partial charge in [-0.15, -0.1) is 5.10 Å². The molecule has 0 amide bonds. The first-order chi connectivity index (χ1) is 6.29. The van der Waals surface area contributed by atoms with Crippen LogP contribution < -0.4 is 5.73 Å². The second kappa shape index (κ2) is 3.39. The summed E-state index contributed by atoms with van der Waals surface area (Å²) in [6.07, 6.45) is 2.14. The number of rotatable bonds is 2. The van der Waals surface area contributed by atoms with Gasteiger partial charge in [-0.05, 0) is 23.3 Å². The maximum absolute atomic E-state index is 5.96. The van der Waals surface area contributed by atoms with E-state index in [2.05, 4.69) is 15.5 Å².